The second kappa shape index (κ2) is 6.03. The van der Waals surface area contributed by atoms with E-state index in [1.165, 1.54) is 25.7 Å². The smallest absolute Gasteiger partial charge is 0.0992 e. The number of hydrogen-bond donors (Lipinski definition) is 1. The fraction of sp³-hybridized carbons (Fsp3) is 0.562. The SMILES string of the molecule is N#Cc1ccc(N(CC2CCCNC2)C2CC2)c(Cl)c1. The van der Waals surface area contributed by atoms with Crippen LogP contribution in [0.3, 0.4) is 0 Å². The van der Waals surface area contributed by atoms with Crippen molar-refractivity contribution >= 4 is 17.3 Å². The molecule has 1 atom stereocenters. The fourth-order valence-corrected chi connectivity index (χ4v) is 3.29. The summed E-state index contributed by atoms with van der Waals surface area (Å²) in [6.07, 6.45) is 5.08. The molecule has 1 aromatic rings. The van der Waals surface area contributed by atoms with Crippen LogP contribution < -0.4 is 10.2 Å². The van der Waals surface area contributed by atoms with Gasteiger partial charge in [0.05, 0.1) is 22.3 Å². The molecular formula is C16H20ClN3. The first-order chi connectivity index (χ1) is 9.78. The van der Waals surface area contributed by atoms with Crippen LogP contribution >= 0.6 is 11.6 Å². The molecule has 2 aliphatic rings. The largest absolute Gasteiger partial charge is 0.367 e. The van der Waals surface area contributed by atoms with E-state index in [4.69, 9.17) is 16.9 Å². The lowest BCUT2D eigenvalue weighted by Gasteiger charge is -2.32. The van der Waals surface area contributed by atoms with Crippen LogP contribution in [0.1, 0.15) is 31.2 Å². The average molecular weight is 290 g/mol. The number of piperidine rings is 1. The van der Waals surface area contributed by atoms with E-state index >= 15 is 0 Å². The third-order valence-electron chi connectivity index (χ3n) is 4.23. The number of rotatable bonds is 4. The number of nitrogens with zero attached hydrogens (tertiary/aromatic N) is 2. The molecule has 1 N–H and O–H groups in total. The monoisotopic (exact) mass is 289 g/mol. The Balaban J connectivity index is 1.78. The molecule has 1 unspecified atom stereocenters. The van der Waals surface area contributed by atoms with E-state index in [0.29, 0.717) is 22.5 Å². The maximum absolute atomic E-state index is 8.94. The van der Waals surface area contributed by atoms with E-state index < -0.39 is 0 Å². The van der Waals surface area contributed by atoms with Gasteiger partial charge in [0.2, 0.25) is 0 Å². The summed E-state index contributed by atoms with van der Waals surface area (Å²) in [7, 11) is 0. The summed E-state index contributed by atoms with van der Waals surface area (Å²) in [6, 6.07) is 8.45. The number of halogens is 1. The van der Waals surface area contributed by atoms with Crippen molar-refractivity contribution in [3.63, 3.8) is 0 Å². The van der Waals surface area contributed by atoms with Crippen LogP contribution in [0.4, 0.5) is 5.69 Å². The Morgan fingerprint density at radius 3 is 2.80 bits per heavy atom. The molecule has 0 radical (unpaired) electrons. The summed E-state index contributed by atoms with van der Waals surface area (Å²) >= 11 is 6.38. The van der Waals surface area contributed by atoms with Gasteiger partial charge in [0, 0.05) is 12.6 Å². The zero-order valence-electron chi connectivity index (χ0n) is 11.6. The molecule has 0 bridgehead atoms. The molecule has 1 saturated carbocycles. The Hall–Kier alpha value is -1.24. The van der Waals surface area contributed by atoms with Crippen molar-refractivity contribution in [2.24, 2.45) is 5.92 Å². The van der Waals surface area contributed by atoms with Crippen molar-refractivity contribution in [2.75, 3.05) is 24.5 Å². The molecule has 4 heteroatoms. The number of nitriles is 1. The van der Waals surface area contributed by atoms with Gasteiger partial charge in [-0.05, 0) is 62.9 Å². The molecule has 1 heterocycles. The lowest BCUT2D eigenvalue weighted by atomic mass is 9.98. The maximum Gasteiger partial charge on any atom is 0.0992 e. The summed E-state index contributed by atoms with van der Waals surface area (Å²) in [5, 5.41) is 13.1. The van der Waals surface area contributed by atoms with Crippen molar-refractivity contribution in [1.29, 1.82) is 5.26 Å². The highest BCUT2D eigenvalue weighted by Crippen LogP contribution is 2.37. The van der Waals surface area contributed by atoms with Gasteiger partial charge in [0.1, 0.15) is 0 Å². The van der Waals surface area contributed by atoms with Crippen molar-refractivity contribution in [1.82, 2.24) is 5.32 Å². The van der Waals surface area contributed by atoms with Gasteiger partial charge in [-0.15, -0.1) is 0 Å². The minimum absolute atomic E-state index is 0.633. The Morgan fingerprint density at radius 2 is 2.20 bits per heavy atom. The first-order valence-electron chi connectivity index (χ1n) is 7.45. The molecule has 20 heavy (non-hydrogen) atoms. The normalized spacial score (nSPS) is 22.3. The number of hydrogen-bond acceptors (Lipinski definition) is 3. The molecule has 1 aliphatic heterocycles. The molecule has 1 aromatic carbocycles. The lowest BCUT2D eigenvalue weighted by Crippen LogP contribution is -2.39. The van der Waals surface area contributed by atoms with Gasteiger partial charge in [-0.25, -0.2) is 0 Å². The highest BCUT2D eigenvalue weighted by molar-refractivity contribution is 6.33. The molecule has 3 rings (SSSR count). The van der Waals surface area contributed by atoms with Crippen LogP contribution in [0.2, 0.25) is 5.02 Å². The zero-order chi connectivity index (χ0) is 13.9. The van der Waals surface area contributed by atoms with Crippen LogP contribution in [-0.4, -0.2) is 25.7 Å². The highest BCUT2D eigenvalue weighted by atomic mass is 35.5. The van der Waals surface area contributed by atoms with Gasteiger partial charge in [0.15, 0.2) is 0 Å². The van der Waals surface area contributed by atoms with Crippen LogP contribution in [0, 0.1) is 17.2 Å². The van der Waals surface area contributed by atoms with Gasteiger partial charge in [-0.1, -0.05) is 11.6 Å². The molecule has 0 aromatic heterocycles. The van der Waals surface area contributed by atoms with E-state index in [1.807, 2.05) is 12.1 Å². The minimum Gasteiger partial charge on any atom is -0.367 e. The van der Waals surface area contributed by atoms with E-state index in [2.05, 4.69) is 16.3 Å². The summed E-state index contributed by atoms with van der Waals surface area (Å²) in [5.41, 5.74) is 1.73. The first kappa shape index (κ1) is 13.7. The number of benzene rings is 1. The summed E-state index contributed by atoms with van der Waals surface area (Å²) in [5.74, 6) is 0.705. The average Bonchev–Trinajstić information content (AvgIpc) is 3.31. The standard InChI is InChI=1S/C16H20ClN3/c17-15-8-12(9-18)3-6-16(15)20(14-4-5-14)11-13-2-1-7-19-10-13/h3,6,8,13-14,19H,1-2,4-5,7,10-11H2. The predicted octanol–water partition coefficient (Wildman–Crippen LogP) is 3.18. The van der Waals surface area contributed by atoms with E-state index in [0.717, 1.165) is 25.3 Å². The Morgan fingerprint density at radius 1 is 1.35 bits per heavy atom. The van der Waals surface area contributed by atoms with Crippen LogP contribution in [0.25, 0.3) is 0 Å². The topological polar surface area (TPSA) is 39.1 Å². The van der Waals surface area contributed by atoms with E-state index in [9.17, 15) is 0 Å². The molecular weight excluding hydrogens is 270 g/mol. The number of nitrogens with one attached hydrogen (secondary N) is 1. The number of anilines is 1. The Bertz CT molecular complexity index is 513. The third kappa shape index (κ3) is 3.08. The summed E-state index contributed by atoms with van der Waals surface area (Å²) in [6.45, 7) is 3.33. The minimum atomic E-state index is 0.633. The van der Waals surface area contributed by atoms with Gasteiger partial charge >= 0.3 is 0 Å². The van der Waals surface area contributed by atoms with E-state index in [-0.39, 0.29) is 0 Å². The van der Waals surface area contributed by atoms with Crippen molar-refractivity contribution in [2.45, 2.75) is 31.7 Å². The summed E-state index contributed by atoms with van der Waals surface area (Å²) in [4.78, 5) is 2.46. The lowest BCUT2D eigenvalue weighted by molar-refractivity contribution is 0.376. The van der Waals surface area contributed by atoms with Gasteiger partial charge in [-0.2, -0.15) is 5.26 Å². The van der Waals surface area contributed by atoms with Gasteiger partial charge in [-0.3, -0.25) is 0 Å². The summed E-state index contributed by atoms with van der Waals surface area (Å²) < 4.78 is 0. The van der Waals surface area contributed by atoms with Gasteiger partial charge in [0.25, 0.3) is 0 Å². The Labute approximate surface area is 125 Å². The van der Waals surface area contributed by atoms with Gasteiger partial charge < -0.3 is 10.2 Å². The molecule has 1 aliphatic carbocycles. The molecule has 0 amide bonds. The van der Waals surface area contributed by atoms with Crippen LogP contribution in [-0.2, 0) is 0 Å². The highest BCUT2D eigenvalue weighted by Gasteiger charge is 2.32. The third-order valence-corrected chi connectivity index (χ3v) is 4.53. The Kier molecular flexibility index (Phi) is 4.14. The van der Waals surface area contributed by atoms with Crippen molar-refractivity contribution in [3.8, 4) is 6.07 Å². The second-order valence-electron chi connectivity index (χ2n) is 5.87. The first-order valence-corrected chi connectivity index (χ1v) is 7.82. The quantitative estimate of drug-likeness (QED) is 0.925. The molecule has 2 fully saturated rings. The van der Waals surface area contributed by atoms with Crippen molar-refractivity contribution < 1.29 is 0 Å². The van der Waals surface area contributed by atoms with Crippen LogP contribution in [0.5, 0.6) is 0 Å². The predicted molar refractivity (Wildman–Crippen MR) is 82.1 cm³/mol. The molecule has 3 nitrogen and oxygen atoms in total. The molecule has 1 saturated heterocycles. The van der Waals surface area contributed by atoms with Crippen molar-refractivity contribution in [3.05, 3.63) is 28.8 Å². The second-order valence-corrected chi connectivity index (χ2v) is 6.28. The molecule has 106 valence electrons. The van der Waals surface area contributed by atoms with Crippen LogP contribution in [0.15, 0.2) is 18.2 Å². The maximum atomic E-state index is 8.94. The van der Waals surface area contributed by atoms with E-state index in [1.54, 1.807) is 6.07 Å². The molecule has 0 spiro atoms. The zero-order valence-corrected chi connectivity index (χ0v) is 12.4. The fourth-order valence-electron chi connectivity index (χ4n) is 3.00.